The highest BCUT2D eigenvalue weighted by atomic mass is 16.7. The van der Waals surface area contributed by atoms with Gasteiger partial charge in [0.15, 0.2) is 11.8 Å². The topological polar surface area (TPSA) is 80.8 Å². The highest BCUT2D eigenvalue weighted by molar-refractivity contribution is 5.89. The van der Waals surface area contributed by atoms with E-state index in [0.29, 0.717) is 6.42 Å². The van der Waals surface area contributed by atoms with Crippen molar-refractivity contribution in [3.63, 3.8) is 0 Å². The van der Waals surface area contributed by atoms with Crippen LogP contribution in [-0.4, -0.2) is 85.7 Å². The van der Waals surface area contributed by atoms with Crippen molar-refractivity contribution in [3.8, 4) is 0 Å². The molecule has 33 heavy (non-hydrogen) atoms. The van der Waals surface area contributed by atoms with Crippen LogP contribution in [0.25, 0.3) is 0 Å². The average Bonchev–Trinajstić information content (AvgIpc) is 3.33. The molecule has 0 aromatic carbocycles. The third kappa shape index (κ3) is 2.03. The van der Waals surface area contributed by atoms with E-state index in [2.05, 4.69) is 41.0 Å². The lowest BCUT2D eigenvalue weighted by molar-refractivity contribution is -0.182. The number of nitrogens with zero attached hydrogens (tertiary/aromatic N) is 2. The van der Waals surface area contributed by atoms with E-state index in [0.717, 1.165) is 31.6 Å². The largest absolute Gasteiger partial charge is 0.467 e. The zero-order chi connectivity index (χ0) is 23.4. The van der Waals surface area contributed by atoms with Gasteiger partial charge in [0.1, 0.15) is 0 Å². The summed E-state index contributed by atoms with van der Waals surface area (Å²) in [7, 11) is 5.09. The molecular weight excluding hydrogens is 424 g/mol. The number of allylic oxidation sites excluding steroid dienone is 1. The normalized spacial score (nSPS) is 46.5. The molecular formula is C25H32N2O6. The molecule has 178 valence electrons. The second-order valence-electron chi connectivity index (χ2n) is 10.2. The monoisotopic (exact) mass is 456 g/mol. The van der Waals surface area contributed by atoms with Crippen LogP contribution < -0.4 is 0 Å². The molecule has 0 N–H and O–H groups in total. The summed E-state index contributed by atoms with van der Waals surface area (Å²) in [6, 6.07) is 0.0309. The van der Waals surface area contributed by atoms with Gasteiger partial charge < -0.3 is 23.8 Å². The van der Waals surface area contributed by atoms with Gasteiger partial charge in [-0.2, -0.15) is 0 Å². The molecule has 8 nitrogen and oxygen atoms in total. The molecule has 0 amide bonds. The van der Waals surface area contributed by atoms with Crippen LogP contribution >= 0.6 is 0 Å². The Morgan fingerprint density at radius 3 is 2.76 bits per heavy atom. The molecule has 8 heteroatoms. The molecule has 0 bridgehead atoms. The number of rotatable bonds is 4. The average molecular weight is 457 g/mol. The Balaban J connectivity index is 1.68. The van der Waals surface area contributed by atoms with Crippen molar-refractivity contribution in [1.29, 1.82) is 0 Å². The Bertz CT molecular complexity index is 1040. The Hall–Kier alpha value is -2.16. The van der Waals surface area contributed by atoms with Crippen LogP contribution in [0, 0.1) is 10.8 Å². The van der Waals surface area contributed by atoms with Gasteiger partial charge in [0.25, 0.3) is 5.60 Å². The fraction of sp³-hybridized carbons (Fsp3) is 0.680. The summed E-state index contributed by atoms with van der Waals surface area (Å²) < 4.78 is 23.9. The van der Waals surface area contributed by atoms with Crippen molar-refractivity contribution in [3.05, 3.63) is 35.6 Å². The SMILES string of the molecule is CC[C@]12C=CCN3CC[C@@]4(C5=CCC(OC)C=C5N(C)[C@]45O[C@]5(C(=O)OC)[C@@H]1OC(C)=O)[C@@H]32. The predicted molar refractivity (Wildman–Crippen MR) is 118 cm³/mol. The van der Waals surface area contributed by atoms with Crippen molar-refractivity contribution in [2.24, 2.45) is 10.8 Å². The first-order valence-corrected chi connectivity index (χ1v) is 11.9. The van der Waals surface area contributed by atoms with E-state index in [4.69, 9.17) is 18.9 Å². The van der Waals surface area contributed by atoms with Gasteiger partial charge in [0.2, 0.25) is 0 Å². The molecule has 6 aliphatic rings. The first-order chi connectivity index (χ1) is 15.8. The molecule has 4 heterocycles. The second kappa shape index (κ2) is 6.49. The molecule has 4 fully saturated rings. The summed E-state index contributed by atoms with van der Waals surface area (Å²) in [5.74, 6) is -0.902. The quantitative estimate of drug-likeness (QED) is 0.360. The number of ether oxygens (including phenoxy) is 4. The summed E-state index contributed by atoms with van der Waals surface area (Å²) in [6.45, 7) is 5.23. The Morgan fingerprint density at radius 2 is 2.09 bits per heavy atom. The number of hydrogen-bond donors (Lipinski definition) is 0. The number of fused-ring (bicyclic) bond motifs is 1. The van der Waals surface area contributed by atoms with Crippen molar-refractivity contribution in [2.75, 3.05) is 34.4 Å². The van der Waals surface area contributed by atoms with E-state index in [1.807, 2.05) is 7.05 Å². The van der Waals surface area contributed by atoms with E-state index >= 15 is 0 Å². The number of likely N-dealkylation sites (N-methyl/N-ethyl adjacent to an activating group) is 1. The molecule has 4 aliphatic heterocycles. The third-order valence-corrected chi connectivity index (χ3v) is 9.31. The van der Waals surface area contributed by atoms with E-state index in [1.54, 1.807) is 7.11 Å². The van der Waals surface area contributed by atoms with Crippen LogP contribution in [0.3, 0.4) is 0 Å². The maximum atomic E-state index is 13.7. The number of likely N-dealkylation sites (tertiary alicyclic amines) is 1. The van der Waals surface area contributed by atoms with Crippen LogP contribution in [0.2, 0.25) is 0 Å². The van der Waals surface area contributed by atoms with Crippen LogP contribution in [0.4, 0.5) is 0 Å². The van der Waals surface area contributed by atoms with Crippen molar-refractivity contribution in [2.45, 2.75) is 62.7 Å². The maximum absolute atomic E-state index is 13.7. The van der Waals surface area contributed by atoms with Crippen LogP contribution in [0.5, 0.6) is 0 Å². The van der Waals surface area contributed by atoms with E-state index in [1.165, 1.54) is 19.6 Å². The molecule has 0 aromatic heterocycles. The first-order valence-electron chi connectivity index (χ1n) is 11.9. The van der Waals surface area contributed by atoms with Crippen molar-refractivity contribution < 1.29 is 28.5 Å². The summed E-state index contributed by atoms with van der Waals surface area (Å²) in [6.07, 6.45) is 10.3. The number of methoxy groups -OCH3 is 2. The molecule has 0 aromatic rings. The fourth-order valence-corrected chi connectivity index (χ4v) is 8.30. The van der Waals surface area contributed by atoms with E-state index in [9.17, 15) is 9.59 Å². The van der Waals surface area contributed by atoms with Crippen LogP contribution in [0.15, 0.2) is 35.6 Å². The van der Waals surface area contributed by atoms with Crippen molar-refractivity contribution >= 4 is 11.9 Å². The van der Waals surface area contributed by atoms with Gasteiger partial charge in [0.05, 0.1) is 18.6 Å². The number of carbonyl (C=O) groups is 2. The number of hydrogen-bond acceptors (Lipinski definition) is 8. The first kappa shape index (κ1) is 21.4. The number of esters is 2. The summed E-state index contributed by atoms with van der Waals surface area (Å²) in [5.41, 5.74) is -1.14. The van der Waals surface area contributed by atoms with Gasteiger partial charge in [-0.1, -0.05) is 25.2 Å². The summed E-state index contributed by atoms with van der Waals surface area (Å²) in [5, 5.41) is 0. The zero-order valence-corrected chi connectivity index (χ0v) is 19.9. The van der Waals surface area contributed by atoms with Gasteiger partial charge in [-0.05, 0) is 37.5 Å². The third-order valence-electron chi connectivity index (χ3n) is 9.31. The molecule has 1 saturated carbocycles. The van der Waals surface area contributed by atoms with E-state index < -0.39 is 40.2 Å². The minimum absolute atomic E-state index is 0.0309. The summed E-state index contributed by atoms with van der Waals surface area (Å²) >= 11 is 0. The van der Waals surface area contributed by atoms with Crippen LogP contribution in [-0.2, 0) is 28.5 Å². The van der Waals surface area contributed by atoms with Gasteiger partial charge in [-0.25, -0.2) is 4.79 Å². The maximum Gasteiger partial charge on any atom is 0.347 e. The Morgan fingerprint density at radius 1 is 1.30 bits per heavy atom. The molecule has 2 aliphatic carbocycles. The molecule has 0 radical (unpaired) electrons. The highest BCUT2D eigenvalue weighted by Gasteiger charge is 2.99. The standard InChI is InChI=1S/C25H32N2O6/c1-6-22-10-7-12-27-13-11-23(19(22)27)17-9-8-16(30-4)14-18(17)26(3)25(23)24(33-25,21(29)31-5)20(22)32-15(2)28/h7,9-10,14,16,19-20H,6,8,11-13H2,1-5H3/t16?,19-,20+,22+,23+,24-,25-/m0/s1. The molecule has 7 atom stereocenters. The Kier molecular flexibility index (Phi) is 4.20. The molecule has 6 rings (SSSR count). The van der Waals surface area contributed by atoms with Crippen LogP contribution in [0.1, 0.15) is 33.1 Å². The van der Waals surface area contributed by atoms with Crippen molar-refractivity contribution in [1.82, 2.24) is 9.80 Å². The van der Waals surface area contributed by atoms with Gasteiger partial charge in [0, 0.05) is 44.8 Å². The lowest BCUT2D eigenvalue weighted by Gasteiger charge is -2.58. The number of carbonyl (C=O) groups excluding carboxylic acids is 2. The summed E-state index contributed by atoms with van der Waals surface area (Å²) in [4.78, 5) is 30.7. The zero-order valence-electron chi connectivity index (χ0n) is 19.9. The predicted octanol–water partition coefficient (Wildman–Crippen LogP) is 1.77. The lowest BCUT2D eigenvalue weighted by Crippen LogP contribution is -2.73. The Labute approximate surface area is 194 Å². The number of epoxide rings is 1. The minimum atomic E-state index is -1.41. The minimum Gasteiger partial charge on any atom is -0.467 e. The van der Waals surface area contributed by atoms with Gasteiger partial charge >= 0.3 is 11.9 Å². The smallest absolute Gasteiger partial charge is 0.347 e. The molecule has 2 spiro atoms. The van der Waals surface area contributed by atoms with E-state index in [-0.39, 0.29) is 12.1 Å². The fourth-order valence-electron chi connectivity index (χ4n) is 8.30. The highest BCUT2D eigenvalue weighted by Crippen LogP contribution is 2.81. The second-order valence-corrected chi connectivity index (χ2v) is 10.2. The van der Waals surface area contributed by atoms with Gasteiger partial charge in [-0.3, -0.25) is 9.69 Å². The molecule has 3 saturated heterocycles. The lowest BCUT2D eigenvalue weighted by atomic mass is 9.49. The van der Waals surface area contributed by atoms with Gasteiger partial charge in [-0.15, -0.1) is 0 Å². The molecule has 1 unspecified atom stereocenters.